The van der Waals surface area contributed by atoms with E-state index in [-0.39, 0.29) is 31.2 Å². The highest BCUT2D eigenvalue weighted by molar-refractivity contribution is 5.78. The number of alkyl halides is 3. The molecule has 2 fully saturated rings. The Morgan fingerprint density at radius 1 is 1.18 bits per heavy atom. The van der Waals surface area contributed by atoms with E-state index in [1.54, 1.807) is 0 Å². The lowest BCUT2D eigenvalue weighted by Crippen LogP contribution is -2.40. The molecule has 2 N–H and O–H groups in total. The minimum absolute atomic E-state index is 0.0537. The van der Waals surface area contributed by atoms with E-state index in [0.29, 0.717) is 19.3 Å². The third-order valence-corrected chi connectivity index (χ3v) is 4.35. The van der Waals surface area contributed by atoms with Gasteiger partial charge in [-0.1, -0.05) is 6.42 Å². The number of aliphatic carboxylic acids is 1. The molecule has 5 nitrogen and oxygen atoms in total. The van der Waals surface area contributed by atoms with Gasteiger partial charge in [-0.05, 0) is 32.1 Å². The first-order chi connectivity index (χ1) is 10.3. The third-order valence-electron chi connectivity index (χ3n) is 4.35. The van der Waals surface area contributed by atoms with Crippen LogP contribution in [0.2, 0.25) is 0 Å². The van der Waals surface area contributed by atoms with E-state index in [2.05, 4.69) is 5.32 Å². The van der Waals surface area contributed by atoms with Gasteiger partial charge in [0.1, 0.15) is 0 Å². The van der Waals surface area contributed by atoms with Gasteiger partial charge in [0.15, 0.2) is 6.10 Å². The Labute approximate surface area is 126 Å². The number of ether oxygens (including phenoxy) is 1. The largest absolute Gasteiger partial charge is 0.481 e. The van der Waals surface area contributed by atoms with E-state index in [0.717, 1.165) is 6.42 Å². The Balaban J connectivity index is 1.71. The highest BCUT2D eigenvalue weighted by Gasteiger charge is 2.45. The monoisotopic (exact) mass is 323 g/mol. The molecule has 0 bridgehead atoms. The maximum atomic E-state index is 12.5. The predicted octanol–water partition coefficient (Wildman–Crippen LogP) is 2.25. The van der Waals surface area contributed by atoms with E-state index < -0.39 is 30.3 Å². The Morgan fingerprint density at radius 2 is 1.91 bits per heavy atom. The summed E-state index contributed by atoms with van der Waals surface area (Å²) >= 11 is 0. The van der Waals surface area contributed by atoms with Gasteiger partial charge in [0.2, 0.25) is 5.91 Å². The minimum Gasteiger partial charge on any atom is -0.481 e. The van der Waals surface area contributed by atoms with Gasteiger partial charge < -0.3 is 15.2 Å². The van der Waals surface area contributed by atoms with Crippen LogP contribution in [-0.2, 0) is 14.3 Å². The number of rotatable bonds is 5. The molecule has 126 valence electrons. The first-order valence-electron chi connectivity index (χ1n) is 7.51. The van der Waals surface area contributed by atoms with Gasteiger partial charge in [0.05, 0.1) is 12.0 Å². The Kier molecular flexibility index (Phi) is 5.31. The summed E-state index contributed by atoms with van der Waals surface area (Å²) in [5.74, 6) is -1.81. The van der Waals surface area contributed by atoms with Gasteiger partial charge in [-0.2, -0.15) is 13.2 Å². The first kappa shape index (κ1) is 17.1. The fourth-order valence-corrected chi connectivity index (χ4v) is 3.16. The zero-order chi connectivity index (χ0) is 16.3. The van der Waals surface area contributed by atoms with Gasteiger partial charge in [-0.15, -0.1) is 0 Å². The molecule has 0 radical (unpaired) electrons. The lowest BCUT2D eigenvalue weighted by atomic mass is 10.0. The van der Waals surface area contributed by atoms with Crippen LogP contribution in [0.4, 0.5) is 13.2 Å². The van der Waals surface area contributed by atoms with Crippen LogP contribution in [-0.4, -0.2) is 41.4 Å². The number of carbonyl (C=O) groups excluding carboxylic acids is 1. The molecule has 0 aromatic heterocycles. The summed E-state index contributed by atoms with van der Waals surface area (Å²) in [7, 11) is 0. The molecule has 1 aliphatic carbocycles. The van der Waals surface area contributed by atoms with E-state index >= 15 is 0 Å². The quantitative estimate of drug-likeness (QED) is 0.814. The van der Waals surface area contributed by atoms with Crippen LogP contribution in [0, 0.1) is 5.92 Å². The zero-order valence-electron chi connectivity index (χ0n) is 12.1. The molecule has 1 amide bonds. The maximum absolute atomic E-state index is 12.5. The van der Waals surface area contributed by atoms with Crippen LogP contribution in [0.3, 0.4) is 0 Å². The Morgan fingerprint density at radius 3 is 2.50 bits per heavy atom. The topological polar surface area (TPSA) is 75.6 Å². The number of amides is 1. The fraction of sp³-hybridized carbons (Fsp3) is 0.857. The number of carbonyl (C=O) groups is 2. The van der Waals surface area contributed by atoms with Crippen molar-refractivity contribution in [2.24, 2.45) is 5.92 Å². The van der Waals surface area contributed by atoms with Crippen LogP contribution in [0.5, 0.6) is 0 Å². The predicted molar refractivity (Wildman–Crippen MR) is 70.1 cm³/mol. The molecule has 0 spiro atoms. The number of carboxylic acid groups (broad SMARTS) is 1. The van der Waals surface area contributed by atoms with Gasteiger partial charge >= 0.3 is 12.1 Å². The summed E-state index contributed by atoms with van der Waals surface area (Å²) in [6.45, 7) is 0. The third kappa shape index (κ3) is 4.34. The maximum Gasteiger partial charge on any atom is 0.414 e. The standard InChI is InChI=1S/C14H20F3NO4/c15-14(16,17)11-6-4-8(22-11)5-7-12(19)18-10-3-1-2-9(10)13(20)21/h8-11H,1-7H2,(H,18,19)(H,20,21)/t8-,9-,10+,11+/m1/s1. The van der Waals surface area contributed by atoms with Gasteiger partial charge in [-0.25, -0.2) is 0 Å². The van der Waals surface area contributed by atoms with Gasteiger partial charge in [-0.3, -0.25) is 9.59 Å². The molecule has 22 heavy (non-hydrogen) atoms. The number of hydrogen-bond acceptors (Lipinski definition) is 3. The first-order valence-corrected chi connectivity index (χ1v) is 7.51. The molecule has 1 aliphatic heterocycles. The van der Waals surface area contributed by atoms with E-state index in [1.807, 2.05) is 0 Å². The van der Waals surface area contributed by atoms with Crippen molar-refractivity contribution in [3.8, 4) is 0 Å². The van der Waals surface area contributed by atoms with Crippen molar-refractivity contribution in [1.29, 1.82) is 0 Å². The normalized spacial score (nSPS) is 32.1. The second kappa shape index (κ2) is 6.85. The summed E-state index contributed by atoms with van der Waals surface area (Å²) < 4.78 is 42.3. The van der Waals surface area contributed by atoms with Gasteiger partial charge in [0.25, 0.3) is 0 Å². The summed E-state index contributed by atoms with van der Waals surface area (Å²) in [6.07, 6.45) is -4.23. The molecule has 4 atom stereocenters. The van der Waals surface area contributed by atoms with Crippen LogP contribution < -0.4 is 5.32 Å². The number of carboxylic acids is 1. The molecule has 8 heteroatoms. The molecule has 0 unspecified atom stereocenters. The molecule has 0 aromatic carbocycles. The van der Waals surface area contributed by atoms with Crippen molar-refractivity contribution in [3.05, 3.63) is 0 Å². The molecule has 2 rings (SSSR count). The second-order valence-electron chi connectivity index (χ2n) is 5.95. The number of nitrogens with one attached hydrogen (secondary N) is 1. The van der Waals surface area contributed by atoms with E-state index in [9.17, 15) is 22.8 Å². The fourth-order valence-electron chi connectivity index (χ4n) is 3.16. The summed E-state index contributed by atoms with van der Waals surface area (Å²) in [5, 5.41) is 11.7. The van der Waals surface area contributed by atoms with Gasteiger partial charge in [0, 0.05) is 12.5 Å². The molecular weight excluding hydrogens is 303 g/mol. The smallest absolute Gasteiger partial charge is 0.414 e. The summed E-state index contributed by atoms with van der Waals surface area (Å²) in [6, 6.07) is -0.377. The van der Waals surface area contributed by atoms with Crippen molar-refractivity contribution in [1.82, 2.24) is 5.32 Å². The van der Waals surface area contributed by atoms with Crippen LogP contribution >= 0.6 is 0 Å². The molecular formula is C14H20F3NO4. The molecule has 1 saturated carbocycles. The van der Waals surface area contributed by atoms with Crippen molar-refractivity contribution >= 4 is 11.9 Å². The average molecular weight is 323 g/mol. The SMILES string of the molecule is O=C(CC[C@H]1CC[C@@H](C(F)(F)F)O1)N[C@H]1CCC[C@H]1C(=O)O. The van der Waals surface area contributed by atoms with Crippen LogP contribution in [0.15, 0.2) is 0 Å². The molecule has 1 saturated heterocycles. The highest BCUT2D eigenvalue weighted by atomic mass is 19.4. The minimum atomic E-state index is -4.35. The van der Waals surface area contributed by atoms with Crippen molar-refractivity contribution in [2.75, 3.05) is 0 Å². The highest BCUT2D eigenvalue weighted by Crippen LogP contribution is 2.34. The average Bonchev–Trinajstić information content (AvgIpc) is 3.04. The van der Waals surface area contributed by atoms with Crippen molar-refractivity contribution < 1.29 is 32.6 Å². The van der Waals surface area contributed by atoms with Crippen molar-refractivity contribution in [2.45, 2.75) is 69.4 Å². The lowest BCUT2D eigenvalue weighted by molar-refractivity contribution is -0.215. The number of halogens is 3. The van der Waals surface area contributed by atoms with Crippen LogP contribution in [0.1, 0.15) is 44.9 Å². The Bertz CT molecular complexity index is 427. The van der Waals surface area contributed by atoms with E-state index in [4.69, 9.17) is 9.84 Å². The molecule has 1 heterocycles. The van der Waals surface area contributed by atoms with E-state index in [1.165, 1.54) is 0 Å². The summed E-state index contributed by atoms with van der Waals surface area (Å²) in [4.78, 5) is 22.8. The number of hydrogen-bond donors (Lipinski definition) is 2. The second-order valence-corrected chi connectivity index (χ2v) is 5.95. The molecule has 2 aliphatic rings. The molecule has 0 aromatic rings. The summed E-state index contributed by atoms with van der Waals surface area (Å²) in [5.41, 5.74) is 0. The zero-order valence-corrected chi connectivity index (χ0v) is 12.1. The Hall–Kier alpha value is -1.31. The van der Waals surface area contributed by atoms with Crippen molar-refractivity contribution in [3.63, 3.8) is 0 Å². The lowest BCUT2D eigenvalue weighted by Gasteiger charge is -2.19. The van der Waals surface area contributed by atoms with Crippen LogP contribution in [0.25, 0.3) is 0 Å².